The van der Waals surface area contributed by atoms with Crippen LogP contribution in [0.15, 0.2) is 70.7 Å². The maximum Gasteiger partial charge on any atom is 0.163 e. The number of allylic oxidation sites excluding steroid dienone is 1. The van der Waals surface area contributed by atoms with Crippen LogP contribution in [0.25, 0.3) is 5.57 Å². The highest BCUT2D eigenvalue weighted by Crippen LogP contribution is 2.48. The second-order valence-electron chi connectivity index (χ2n) is 7.96. The summed E-state index contributed by atoms with van der Waals surface area (Å²) in [4.78, 5) is 25.5. The summed E-state index contributed by atoms with van der Waals surface area (Å²) in [6, 6.07) is 19.5. The second kappa shape index (κ2) is 8.24. The molecule has 0 unspecified atom stereocenters. The number of aryl methyl sites for hydroxylation is 1. The zero-order valence-corrected chi connectivity index (χ0v) is 18.2. The predicted octanol–water partition coefficient (Wildman–Crippen LogP) is 5.97. The summed E-state index contributed by atoms with van der Waals surface area (Å²) < 4.78 is 6.19. The van der Waals surface area contributed by atoms with Gasteiger partial charge in [0.05, 0.1) is 17.4 Å². The zero-order chi connectivity index (χ0) is 22.1. The topological polar surface area (TPSA) is 47.3 Å². The average molecular weight is 408 g/mol. The summed E-state index contributed by atoms with van der Waals surface area (Å²) in [6.45, 7) is 6.91. The smallest absolute Gasteiger partial charge is 0.163 e. The van der Waals surface area contributed by atoms with Gasteiger partial charge in [0.1, 0.15) is 17.3 Å². The van der Waals surface area contributed by atoms with Gasteiger partial charge in [-0.3, -0.25) is 9.59 Å². The van der Waals surface area contributed by atoms with Gasteiger partial charge in [0.2, 0.25) is 0 Å². The van der Waals surface area contributed by atoms with Crippen LogP contribution in [-0.2, 0) is 4.79 Å². The molecule has 0 saturated heterocycles. The maximum absolute atomic E-state index is 12.9. The summed E-state index contributed by atoms with van der Waals surface area (Å²) in [5, 5.41) is 0. The first-order chi connectivity index (χ1) is 14.9. The first kappa shape index (κ1) is 20.6. The predicted molar refractivity (Wildman–Crippen MR) is 122 cm³/mol. The van der Waals surface area contributed by atoms with Gasteiger partial charge >= 0.3 is 0 Å². The van der Waals surface area contributed by atoms with Gasteiger partial charge in [-0.2, -0.15) is 0 Å². The molecule has 2 atom stereocenters. The lowest BCUT2D eigenvalue weighted by molar-refractivity contribution is -0.119. The Labute approximate surface area is 182 Å². The molecule has 31 heavy (non-hydrogen) atoms. The highest BCUT2D eigenvalue weighted by atomic mass is 16.3. The molecular formula is C28H24O3. The third kappa shape index (κ3) is 3.66. The van der Waals surface area contributed by atoms with Gasteiger partial charge in [-0.1, -0.05) is 60.4 Å². The molecule has 0 amide bonds. The Kier molecular flexibility index (Phi) is 5.48. The Morgan fingerprint density at radius 2 is 1.52 bits per heavy atom. The van der Waals surface area contributed by atoms with Crippen LogP contribution < -0.4 is 0 Å². The normalized spacial score (nSPS) is 17.5. The molecule has 2 aromatic carbocycles. The van der Waals surface area contributed by atoms with Crippen molar-refractivity contribution < 1.29 is 14.0 Å². The van der Waals surface area contributed by atoms with Gasteiger partial charge in [-0.05, 0) is 51.0 Å². The van der Waals surface area contributed by atoms with E-state index in [9.17, 15) is 9.59 Å². The van der Waals surface area contributed by atoms with Gasteiger partial charge in [0.25, 0.3) is 0 Å². The SMILES string of the molecule is CC(=O)c1c(C)oc2c1[C@@H](C#Cc1ccccc1)[C@H](C(C)=O)C(C)=C2c1ccccc1. The number of hydrogen-bond donors (Lipinski definition) is 0. The van der Waals surface area contributed by atoms with Crippen LogP contribution in [0, 0.1) is 24.7 Å². The fourth-order valence-corrected chi connectivity index (χ4v) is 4.57. The lowest BCUT2D eigenvalue weighted by Gasteiger charge is -2.30. The van der Waals surface area contributed by atoms with Crippen LogP contribution in [0.2, 0.25) is 0 Å². The molecule has 0 fully saturated rings. The first-order valence-electron chi connectivity index (χ1n) is 10.4. The Morgan fingerprint density at radius 3 is 2.10 bits per heavy atom. The van der Waals surface area contributed by atoms with Crippen molar-refractivity contribution in [2.75, 3.05) is 0 Å². The van der Waals surface area contributed by atoms with Crippen molar-refractivity contribution in [1.82, 2.24) is 0 Å². The molecule has 1 heterocycles. The Hall–Kier alpha value is -3.64. The quantitative estimate of drug-likeness (QED) is 0.396. The molecule has 3 aromatic rings. The van der Waals surface area contributed by atoms with E-state index in [2.05, 4.69) is 11.8 Å². The van der Waals surface area contributed by atoms with Gasteiger partial charge in [0.15, 0.2) is 5.78 Å². The van der Waals surface area contributed by atoms with Crippen molar-refractivity contribution >= 4 is 17.1 Å². The largest absolute Gasteiger partial charge is 0.460 e. The summed E-state index contributed by atoms with van der Waals surface area (Å²) >= 11 is 0. The average Bonchev–Trinajstić information content (AvgIpc) is 3.09. The van der Waals surface area contributed by atoms with E-state index >= 15 is 0 Å². The number of hydrogen-bond acceptors (Lipinski definition) is 3. The molecule has 1 aromatic heterocycles. The number of ketones is 2. The minimum absolute atomic E-state index is 0.0253. The fraction of sp³-hybridized carbons (Fsp3) is 0.214. The molecule has 3 heteroatoms. The van der Waals surface area contributed by atoms with Crippen LogP contribution in [0.4, 0.5) is 0 Å². The molecule has 0 bridgehead atoms. The monoisotopic (exact) mass is 408 g/mol. The fourth-order valence-electron chi connectivity index (χ4n) is 4.57. The summed E-state index contributed by atoms with van der Waals surface area (Å²) in [7, 11) is 0. The van der Waals surface area contributed by atoms with Crippen molar-refractivity contribution in [3.05, 3.63) is 100 Å². The number of furan rings is 1. The first-order valence-corrected chi connectivity index (χ1v) is 10.4. The van der Waals surface area contributed by atoms with E-state index in [0.29, 0.717) is 17.1 Å². The molecule has 0 radical (unpaired) electrons. The van der Waals surface area contributed by atoms with E-state index in [4.69, 9.17) is 4.42 Å². The lowest BCUT2D eigenvalue weighted by atomic mass is 9.70. The van der Waals surface area contributed by atoms with Crippen molar-refractivity contribution in [2.24, 2.45) is 5.92 Å². The number of carbonyl (C=O) groups is 2. The number of Topliss-reactive ketones (excluding diaryl/α,β-unsaturated/α-hetero) is 2. The van der Waals surface area contributed by atoms with E-state index in [1.54, 1.807) is 13.8 Å². The number of fused-ring (bicyclic) bond motifs is 1. The van der Waals surface area contributed by atoms with E-state index in [0.717, 1.165) is 27.8 Å². The maximum atomic E-state index is 12.9. The van der Waals surface area contributed by atoms with E-state index in [1.165, 1.54) is 6.92 Å². The van der Waals surface area contributed by atoms with Crippen molar-refractivity contribution in [3.63, 3.8) is 0 Å². The molecule has 3 nitrogen and oxygen atoms in total. The third-order valence-corrected chi connectivity index (χ3v) is 5.85. The Balaban J connectivity index is 2.02. The van der Waals surface area contributed by atoms with Gasteiger partial charge in [0, 0.05) is 16.7 Å². The molecule has 1 aliphatic carbocycles. The number of carbonyl (C=O) groups excluding carboxylic acids is 2. The molecule has 0 saturated carbocycles. The summed E-state index contributed by atoms with van der Waals surface area (Å²) in [5.74, 6) is 6.79. The Bertz CT molecular complexity index is 1250. The van der Waals surface area contributed by atoms with Gasteiger partial charge in [-0.25, -0.2) is 0 Å². The highest BCUT2D eigenvalue weighted by molar-refractivity contribution is 6.01. The number of rotatable bonds is 3. The Morgan fingerprint density at radius 1 is 0.903 bits per heavy atom. The minimum atomic E-state index is -0.450. The molecule has 0 spiro atoms. The highest BCUT2D eigenvalue weighted by Gasteiger charge is 2.41. The van der Waals surface area contributed by atoms with E-state index < -0.39 is 11.8 Å². The summed E-state index contributed by atoms with van der Waals surface area (Å²) in [6.07, 6.45) is 0. The van der Waals surface area contributed by atoms with Crippen LogP contribution in [0.1, 0.15) is 65.3 Å². The molecule has 4 rings (SSSR count). The molecular weight excluding hydrogens is 384 g/mol. The van der Waals surface area contributed by atoms with Crippen molar-refractivity contribution in [2.45, 2.75) is 33.6 Å². The van der Waals surface area contributed by atoms with E-state index in [-0.39, 0.29) is 11.6 Å². The lowest BCUT2D eigenvalue weighted by Crippen LogP contribution is -2.27. The van der Waals surface area contributed by atoms with Crippen LogP contribution >= 0.6 is 0 Å². The second-order valence-corrected chi connectivity index (χ2v) is 7.96. The number of benzene rings is 2. The molecule has 1 aliphatic rings. The zero-order valence-electron chi connectivity index (χ0n) is 18.2. The van der Waals surface area contributed by atoms with Crippen molar-refractivity contribution in [1.29, 1.82) is 0 Å². The molecule has 0 aliphatic heterocycles. The van der Waals surface area contributed by atoms with E-state index in [1.807, 2.05) is 67.6 Å². The van der Waals surface area contributed by atoms with Gasteiger partial charge in [-0.15, -0.1) is 0 Å². The minimum Gasteiger partial charge on any atom is -0.460 e. The molecule has 154 valence electrons. The third-order valence-electron chi connectivity index (χ3n) is 5.85. The van der Waals surface area contributed by atoms with Gasteiger partial charge < -0.3 is 4.42 Å². The standard InChI is InChI=1S/C28H24O3/c1-17-24(18(2)29)23(16-15-21-11-7-5-8-12-21)27-26(19(3)30)20(4)31-28(27)25(17)22-13-9-6-10-14-22/h5-14,23-24H,1-4H3/t23-,24-/m0/s1. The van der Waals surface area contributed by atoms with Crippen LogP contribution in [-0.4, -0.2) is 11.6 Å². The van der Waals surface area contributed by atoms with Crippen molar-refractivity contribution in [3.8, 4) is 11.8 Å². The van der Waals surface area contributed by atoms with Crippen LogP contribution in [0.3, 0.4) is 0 Å². The molecule has 0 N–H and O–H groups in total. The summed E-state index contributed by atoms with van der Waals surface area (Å²) in [5.41, 5.74) is 4.90. The van der Waals surface area contributed by atoms with Crippen LogP contribution in [0.5, 0.6) is 0 Å².